The van der Waals surface area contributed by atoms with Crippen molar-refractivity contribution >= 4 is 27.3 Å². The van der Waals surface area contributed by atoms with Gasteiger partial charge < -0.3 is 0 Å². The fourth-order valence-corrected chi connectivity index (χ4v) is 5.13. The Morgan fingerprint density at radius 1 is 0.531 bits per heavy atom. The van der Waals surface area contributed by atoms with Gasteiger partial charge in [0.05, 0.1) is 11.2 Å². The molecular weight excluding hydrogens is 390 g/mol. The van der Waals surface area contributed by atoms with E-state index in [1.807, 2.05) is 0 Å². The molecular formula is C29H21N3. The van der Waals surface area contributed by atoms with Gasteiger partial charge in [0.1, 0.15) is 5.65 Å². The number of fused-ring (bicyclic) bond motifs is 9. The summed E-state index contributed by atoms with van der Waals surface area (Å²) in [5.74, 6) is 0. The molecule has 3 aromatic heterocycles. The van der Waals surface area contributed by atoms with E-state index >= 15 is 0 Å². The van der Waals surface area contributed by atoms with E-state index in [0.29, 0.717) is 0 Å². The van der Waals surface area contributed by atoms with E-state index in [1.165, 1.54) is 38.4 Å². The van der Waals surface area contributed by atoms with E-state index in [9.17, 15) is 0 Å². The lowest BCUT2D eigenvalue weighted by Gasteiger charge is -2.11. The number of hydrogen-bond acceptors (Lipinski definition) is 2. The predicted molar refractivity (Wildman–Crippen MR) is 129 cm³/mol. The van der Waals surface area contributed by atoms with Crippen molar-refractivity contribution in [3.8, 4) is 0 Å². The summed E-state index contributed by atoms with van der Waals surface area (Å²) in [7, 11) is 0. The molecule has 0 saturated carbocycles. The van der Waals surface area contributed by atoms with Crippen LogP contribution in [0.1, 0.15) is 33.8 Å². The highest BCUT2D eigenvalue weighted by Gasteiger charge is 2.14. The lowest BCUT2D eigenvalue weighted by Crippen LogP contribution is -1.99. The van der Waals surface area contributed by atoms with Crippen LogP contribution in [0.25, 0.3) is 27.3 Å². The summed E-state index contributed by atoms with van der Waals surface area (Å²) < 4.78 is 2.26. The SMILES string of the molecule is c1cc2cc(c1)Cc1cccc(n1)Cc1cn3c4ccccc4c4ccc(cc4c3n1)C2. The van der Waals surface area contributed by atoms with E-state index in [2.05, 4.69) is 95.5 Å². The van der Waals surface area contributed by atoms with Gasteiger partial charge in [-0.1, -0.05) is 60.7 Å². The van der Waals surface area contributed by atoms with Crippen LogP contribution in [0.3, 0.4) is 0 Å². The zero-order chi connectivity index (χ0) is 21.1. The maximum Gasteiger partial charge on any atom is 0.145 e. The number of nitrogens with zero attached hydrogens (tertiary/aromatic N) is 3. The predicted octanol–water partition coefficient (Wildman–Crippen LogP) is 6.12. The Labute approximate surface area is 186 Å². The summed E-state index contributed by atoms with van der Waals surface area (Å²) in [6.45, 7) is 0. The summed E-state index contributed by atoms with van der Waals surface area (Å²) in [5, 5.41) is 3.72. The number of imidazole rings is 1. The average molecular weight is 412 g/mol. The number of para-hydroxylation sites is 1. The fourth-order valence-electron chi connectivity index (χ4n) is 5.13. The average Bonchev–Trinajstić information content (AvgIpc) is 3.23. The third-order valence-electron chi connectivity index (χ3n) is 6.55. The molecule has 0 radical (unpaired) electrons. The molecule has 4 heterocycles. The van der Waals surface area contributed by atoms with E-state index in [0.717, 1.165) is 42.0 Å². The van der Waals surface area contributed by atoms with E-state index < -0.39 is 0 Å². The first kappa shape index (κ1) is 17.7. The summed E-state index contributed by atoms with van der Waals surface area (Å²) in [4.78, 5) is 10.1. The van der Waals surface area contributed by atoms with Crippen molar-refractivity contribution in [3.63, 3.8) is 0 Å². The Balaban J connectivity index is 1.56. The zero-order valence-electron chi connectivity index (χ0n) is 17.6. The van der Waals surface area contributed by atoms with Gasteiger partial charge >= 0.3 is 0 Å². The molecule has 3 heteroatoms. The molecule has 0 aliphatic carbocycles. The van der Waals surface area contributed by atoms with Gasteiger partial charge in [-0.25, -0.2) is 4.98 Å². The minimum atomic E-state index is 0.727. The van der Waals surface area contributed by atoms with Crippen molar-refractivity contribution in [1.82, 2.24) is 14.4 Å². The monoisotopic (exact) mass is 411 g/mol. The topological polar surface area (TPSA) is 30.2 Å². The minimum Gasteiger partial charge on any atom is -0.299 e. The zero-order valence-corrected chi connectivity index (χ0v) is 17.6. The molecule has 3 aromatic carbocycles. The van der Waals surface area contributed by atoms with Crippen LogP contribution in [-0.4, -0.2) is 14.4 Å². The highest BCUT2D eigenvalue weighted by atomic mass is 15.0. The summed E-state index contributed by atoms with van der Waals surface area (Å²) >= 11 is 0. The summed E-state index contributed by atoms with van der Waals surface area (Å²) in [6.07, 6.45) is 4.67. The van der Waals surface area contributed by atoms with Crippen LogP contribution in [0.2, 0.25) is 0 Å². The van der Waals surface area contributed by atoms with Crippen molar-refractivity contribution in [2.45, 2.75) is 19.3 Å². The number of rotatable bonds is 0. The first-order chi connectivity index (χ1) is 15.8. The second kappa shape index (κ2) is 6.76. The van der Waals surface area contributed by atoms with E-state index in [1.54, 1.807) is 0 Å². The number of benzene rings is 3. The minimum absolute atomic E-state index is 0.727. The van der Waals surface area contributed by atoms with Gasteiger partial charge in [0, 0.05) is 41.2 Å². The van der Waals surface area contributed by atoms with E-state index in [4.69, 9.17) is 9.97 Å². The van der Waals surface area contributed by atoms with Crippen LogP contribution in [-0.2, 0) is 19.3 Å². The molecule has 0 unspecified atom stereocenters. The Kier molecular flexibility index (Phi) is 3.73. The molecule has 3 nitrogen and oxygen atoms in total. The van der Waals surface area contributed by atoms with Crippen LogP contribution in [0.5, 0.6) is 0 Å². The van der Waals surface area contributed by atoms with Gasteiger partial charge in [-0.2, -0.15) is 0 Å². The third kappa shape index (κ3) is 2.82. The second-order valence-electron chi connectivity index (χ2n) is 8.79. The van der Waals surface area contributed by atoms with Gasteiger partial charge in [-0.15, -0.1) is 0 Å². The van der Waals surface area contributed by atoms with Gasteiger partial charge in [0.15, 0.2) is 0 Å². The lowest BCUT2D eigenvalue weighted by molar-refractivity contribution is 0.974. The molecule has 8 bridgehead atoms. The van der Waals surface area contributed by atoms with Gasteiger partial charge in [0.25, 0.3) is 0 Å². The summed E-state index contributed by atoms with van der Waals surface area (Å²) in [6, 6.07) is 30.7. The molecule has 0 amide bonds. The molecule has 1 aliphatic rings. The van der Waals surface area contributed by atoms with Gasteiger partial charge in [-0.3, -0.25) is 9.38 Å². The number of pyridine rings is 2. The van der Waals surface area contributed by atoms with Crippen LogP contribution >= 0.6 is 0 Å². The third-order valence-corrected chi connectivity index (χ3v) is 6.55. The van der Waals surface area contributed by atoms with E-state index in [-0.39, 0.29) is 0 Å². The number of aromatic nitrogens is 3. The van der Waals surface area contributed by atoms with Gasteiger partial charge in [0.2, 0.25) is 0 Å². The summed E-state index contributed by atoms with van der Waals surface area (Å²) in [5.41, 5.74) is 9.37. The fraction of sp³-hybridized carbons (Fsp3) is 0.103. The molecule has 0 N–H and O–H groups in total. The van der Waals surface area contributed by atoms with Crippen LogP contribution in [0, 0.1) is 0 Å². The Bertz CT molecular complexity index is 1660. The van der Waals surface area contributed by atoms with Crippen molar-refractivity contribution in [2.24, 2.45) is 0 Å². The molecule has 0 fully saturated rings. The second-order valence-corrected chi connectivity index (χ2v) is 8.79. The number of hydrogen-bond donors (Lipinski definition) is 0. The molecule has 6 aromatic rings. The first-order valence-electron chi connectivity index (χ1n) is 11.1. The van der Waals surface area contributed by atoms with Crippen molar-refractivity contribution in [1.29, 1.82) is 0 Å². The van der Waals surface area contributed by atoms with Crippen LogP contribution in [0.4, 0.5) is 0 Å². The van der Waals surface area contributed by atoms with Gasteiger partial charge in [-0.05, 0) is 52.8 Å². The lowest BCUT2D eigenvalue weighted by atomic mass is 9.98. The molecule has 7 rings (SSSR count). The maximum atomic E-state index is 5.11. The highest BCUT2D eigenvalue weighted by Crippen LogP contribution is 2.31. The Morgan fingerprint density at radius 3 is 2.25 bits per heavy atom. The standard InChI is InChI=1S/C29H21N3/c1-2-10-28-26(9-1)25-12-11-21-14-19-5-3-6-20(13-19)15-22-7-4-8-23(30-22)17-24-18-32(28)29(31-24)27(25)16-21/h1-13,16,18H,14-15,17H2. The quantitative estimate of drug-likeness (QED) is 0.281. The van der Waals surface area contributed by atoms with Crippen molar-refractivity contribution in [2.75, 3.05) is 0 Å². The largest absolute Gasteiger partial charge is 0.299 e. The molecule has 0 atom stereocenters. The smallest absolute Gasteiger partial charge is 0.145 e. The highest BCUT2D eigenvalue weighted by molar-refractivity contribution is 6.11. The first-order valence-corrected chi connectivity index (χ1v) is 11.1. The Hall–Kier alpha value is -3.98. The molecule has 32 heavy (non-hydrogen) atoms. The van der Waals surface area contributed by atoms with Crippen LogP contribution < -0.4 is 0 Å². The molecule has 0 spiro atoms. The normalized spacial score (nSPS) is 13.2. The van der Waals surface area contributed by atoms with Crippen LogP contribution in [0.15, 0.2) is 91.1 Å². The van der Waals surface area contributed by atoms with Crippen molar-refractivity contribution in [3.05, 3.63) is 125 Å². The maximum absolute atomic E-state index is 5.11. The molecule has 1 aliphatic heterocycles. The molecule has 152 valence electrons. The molecule has 0 saturated heterocycles. The van der Waals surface area contributed by atoms with Crippen molar-refractivity contribution < 1.29 is 0 Å². The Morgan fingerprint density at radius 2 is 1.31 bits per heavy atom.